The van der Waals surface area contributed by atoms with Crippen molar-refractivity contribution in [2.75, 3.05) is 33.5 Å². The van der Waals surface area contributed by atoms with Crippen molar-refractivity contribution in [1.82, 2.24) is 4.98 Å². The quantitative estimate of drug-likeness (QED) is 0.672. The van der Waals surface area contributed by atoms with E-state index in [1.165, 1.54) is 0 Å². The second-order valence-corrected chi connectivity index (χ2v) is 3.94. The summed E-state index contributed by atoms with van der Waals surface area (Å²) >= 11 is 0. The zero-order valence-electron chi connectivity index (χ0n) is 11.1. The molecule has 0 aliphatic heterocycles. The Balaban J connectivity index is 2.24. The molecule has 0 bridgehead atoms. The number of hydrogen-bond acceptors (Lipinski definition) is 5. The van der Waals surface area contributed by atoms with Crippen molar-refractivity contribution in [3.63, 3.8) is 0 Å². The summed E-state index contributed by atoms with van der Waals surface area (Å²) in [5, 5.41) is 0. The number of aryl methyl sites for hydroxylation is 1. The molecule has 1 aromatic heterocycles. The van der Waals surface area contributed by atoms with Gasteiger partial charge in [0.2, 0.25) is 0 Å². The highest BCUT2D eigenvalue weighted by Gasteiger charge is 2.03. The highest BCUT2D eigenvalue weighted by Crippen LogP contribution is 2.18. The molecule has 0 amide bonds. The average Bonchev–Trinajstić information content (AvgIpc) is 2.38. The molecule has 0 saturated heterocycles. The molecule has 0 aliphatic rings. The van der Waals surface area contributed by atoms with Crippen LogP contribution in [-0.2, 0) is 16.0 Å². The van der Waals surface area contributed by atoms with Crippen LogP contribution in [0.4, 0.5) is 0 Å². The van der Waals surface area contributed by atoms with Crippen molar-refractivity contribution >= 4 is 0 Å². The third kappa shape index (κ3) is 5.44. The summed E-state index contributed by atoms with van der Waals surface area (Å²) in [7, 11) is 1.66. The number of methoxy groups -OCH3 is 1. The average molecular weight is 254 g/mol. The second-order valence-electron chi connectivity index (χ2n) is 3.94. The molecule has 0 atom stereocenters. The number of nitrogens with zero attached hydrogens (tertiary/aromatic N) is 1. The fourth-order valence-corrected chi connectivity index (χ4v) is 1.44. The molecule has 0 fully saturated rings. The molecule has 0 spiro atoms. The molecule has 0 radical (unpaired) electrons. The second kappa shape index (κ2) is 8.85. The van der Waals surface area contributed by atoms with Gasteiger partial charge in [0.05, 0.1) is 19.8 Å². The maximum absolute atomic E-state index is 5.68. The van der Waals surface area contributed by atoms with Crippen LogP contribution in [0.25, 0.3) is 0 Å². The SMILES string of the molecule is COCCOCCCOc1cc(C)ncc1CN. The van der Waals surface area contributed by atoms with Gasteiger partial charge in [0, 0.05) is 50.2 Å². The van der Waals surface area contributed by atoms with Gasteiger partial charge in [-0.15, -0.1) is 0 Å². The molecule has 1 heterocycles. The van der Waals surface area contributed by atoms with Crippen LogP contribution in [-0.4, -0.2) is 38.5 Å². The van der Waals surface area contributed by atoms with Crippen molar-refractivity contribution in [1.29, 1.82) is 0 Å². The first-order valence-electron chi connectivity index (χ1n) is 6.13. The lowest BCUT2D eigenvalue weighted by Gasteiger charge is -2.10. The standard InChI is InChI=1S/C13H22N2O3/c1-11-8-13(12(9-14)10-15-11)18-5-3-4-17-7-6-16-2/h8,10H,3-7,9,14H2,1-2H3. The minimum absolute atomic E-state index is 0.437. The summed E-state index contributed by atoms with van der Waals surface area (Å²) in [5.74, 6) is 0.821. The van der Waals surface area contributed by atoms with E-state index in [0.717, 1.165) is 23.4 Å². The zero-order valence-corrected chi connectivity index (χ0v) is 11.1. The predicted molar refractivity (Wildman–Crippen MR) is 69.7 cm³/mol. The number of pyridine rings is 1. The Hall–Kier alpha value is -1.17. The molecule has 102 valence electrons. The topological polar surface area (TPSA) is 66.6 Å². The van der Waals surface area contributed by atoms with Crippen LogP contribution in [0, 0.1) is 6.92 Å². The highest BCUT2D eigenvalue weighted by molar-refractivity contribution is 5.32. The van der Waals surface area contributed by atoms with E-state index in [1.807, 2.05) is 13.0 Å². The number of rotatable bonds is 9. The molecule has 5 heteroatoms. The Bertz CT molecular complexity index is 345. The Morgan fingerprint density at radius 1 is 1.22 bits per heavy atom. The first kappa shape index (κ1) is 14.9. The van der Waals surface area contributed by atoms with Crippen LogP contribution in [0.5, 0.6) is 5.75 Å². The molecule has 0 aliphatic carbocycles. The van der Waals surface area contributed by atoms with Crippen LogP contribution in [0.1, 0.15) is 17.7 Å². The first-order valence-corrected chi connectivity index (χ1v) is 6.13. The van der Waals surface area contributed by atoms with Crippen molar-refractivity contribution in [2.24, 2.45) is 5.73 Å². The Kier molecular flexibility index (Phi) is 7.32. The minimum Gasteiger partial charge on any atom is -0.493 e. The molecule has 1 aromatic rings. The molecular formula is C13H22N2O3. The van der Waals surface area contributed by atoms with E-state index in [1.54, 1.807) is 13.3 Å². The monoisotopic (exact) mass is 254 g/mol. The predicted octanol–water partition coefficient (Wildman–Crippen LogP) is 1.28. The summed E-state index contributed by atoms with van der Waals surface area (Å²) < 4.78 is 15.9. The number of aromatic nitrogens is 1. The molecule has 0 saturated carbocycles. The van der Waals surface area contributed by atoms with Crippen molar-refractivity contribution in [2.45, 2.75) is 19.9 Å². The largest absolute Gasteiger partial charge is 0.493 e. The van der Waals surface area contributed by atoms with Crippen LogP contribution < -0.4 is 10.5 Å². The van der Waals surface area contributed by atoms with E-state index in [-0.39, 0.29) is 0 Å². The van der Waals surface area contributed by atoms with Crippen molar-refractivity contribution in [3.8, 4) is 5.75 Å². The minimum atomic E-state index is 0.437. The Labute approximate surface area is 108 Å². The van der Waals surface area contributed by atoms with Gasteiger partial charge in [-0.1, -0.05) is 0 Å². The lowest BCUT2D eigenvalue weighted by molar-refractivity contribution is 0.0644. The third-order valence-electron chi connectivity index (χ3n) is 2.42. The molecule has 2 N–H and O–H groups in total. The molecule has 0 unspecified atom stereocenters. The summed E-state index contributed by atoms with van der Waals surface area (Å²) in [6, 6.07) is 1.91. The van der Waals surface area contributed by atoms with Gasteiger partial charge in [0.15, 0.2) is 0 Å². The highest BCUT2D eigenvalue weighted by atomic mass is 16.5. The van der Waals surface area contributed by atoms with Gasteiger partial charge in [-0.2, -0.15) is 0 Å². The van der Waals surface area contributed by atoms with Gasteiger partial charge in [0.25, 0.3) is 0 Å². The Morgan fingerprint density at radius 3 is 2.78 bits per heavy atom. The number of ether oxygens (including phenoxy) is 3. The maximum Gasteiger partial charge on any atom is 0.127 e. The normalized spacial score (nSPS) is 10.6. The first-order chi connectivity index (χ1) is 8.77. The van der Waals surface area contributed by atoms with Crippen molar-refractivity contribution < 1.29 is 14.2 Å². The van der Waals surface area contributed by atoms with Gasteiger partial charge < -0.3 is 19.9 Å². The van der Waals surface area contributed by atoms with E-state index in [2.05, 4.69) is 4.98 Å². The summed E-state index contributed by atoms with van der Waals surface area (Å²) in [5.41, 5.74) is 7.49. The lowest BCUT2D eigenvalue weighted by Crippen LogP contribution is -2.08. The van der Waals surface area contributed by atoms with E-state index < -0.39 is 0 Å². The van der Waals surface area contributed by atoms with Gasteiger partial charge in [-0.3, -0.25) is 4.98 Å². The van der Waals surface area contributed by atoms with Crippen LogP contribution >= 0.6 is 0 Å². The molecule has 1 rings (SSSR count). The van der Waals surface area contributed by atoms with E-state index in [9.17, 15) is 0 Å². The van der Waals surface area contributed by atoms with Gasteiger partial charge >= 0.3 is 0 Å². The summed E-state index contributed by atoms with van der Waals surface area (Å²) in [4.78, 5) is 4.19. The fraction of sp³-hybridized carbons (Fsp3) is 0.615. The van der Waals surface area contributed by atoms with Crippen LogP contribution in [0.15, 0.2) is 12.3 Å². The molecule has 5 nitrogen and oxygen atoms in total. The molecule has 18 heavy (non-hydrogen) atoms. The van der Waals surface area contributed by atoms with E-state index >= 15 is 0 Å². The van der Waals surface area contributed by atoms with Gasteiger partial charge in [0.1, 0.15) is 5.75 Å². The molecule has 0 aromatic carbocycles. The maximum atomic E-state index is 5.68. The number of hydrogen-bond donors (Lipinski definition) is 1. The third-order valence-corrected chi connectivity index (χ3v) is 2.42. The molecular weight excluding hydrogens is 232 g/mol. The van der Waals surface area contributed by atoms with Crippen LogP contribution in [0.3, 0.4) is 0 Å². The van der Waals surface area contributed by atoms with E-state index in [0.29, 0.717) is 33.0 Å². The smallest absolute Gasteiger partial charge is 0.127 e. The summed E-state index contributed by atoms with van der Waals surface area (Å²) in [6.07, 6.45) is 2.61. The van der Waals surface area contributed by atoms with E-state index in [4.69, 9.17) is 19.9 Å². The fourth-order valence-electron chi connectivity index (χ4n) is 1.44. The van der Waals surface area contributed by atoms with Crippen molar-refractivity contribution in [3.05, 3.63) is 23.5 Å². The van der Waals surface area contributed by atoms with Gasteiger partial charge in [-0.05, 0) is 6.92 Å². The number of nitrogens with two attached hydrogens (primary N) is 1. The van der Waals surface area contributed by atoms with Gasteiger partial charge in [-0.25, -0.2) is 0 Å². The van der Waals surface area contributed by atoms with Crippen LogP contribution in [0.2, 0.25) is 0 Å². The summed E-state index contributed by atoms with van der Waals surface area (Å²) in [6.45, 7) is 4.91. The lowest BCUT2D eigenvalue weighted by atomic mass is 10.2. The zero-order chi connectivity index (χ0) is 13.2. The Morgan fingerprint density at radius 2 is 2.06 bits per heavy atom.